The van der Waals surface area contributed by atoms with E-state index in [1.165, 1.54) is 11.3 Å². The van der Waals surface area contributed by atoms with E-state index in [2.05, 4.69) is 43.0 Å². The van der Waals surface area contributed by atoms with Crippen LogP contribution in [0.25, 0.3) is 0 Å². The molecular formula is C18H28N2O. The van der Waals surface area contributed by atoms with Crippen molar-refractivity contribution in [2.24, 2.45) is 0 Å². The number of nitrogens with one attached hydrogen (secondary N) is 1. The van der Waals surface area contributed by atoms with Gasteiger partial charge in [-0.25, -0.2) is 0 Å². The van der Waals surface area contributed by atoms with E-state index < -0.39 is 0 Å². The number of ether oxygens (including phenoxy) is 1. The maximum atomic E-state index is 5.58. The van der Waals surface area contributed by atoms with Crippen LogP contribution in [-0.2, 0) is 0 Å². The normalized spacial score (nSPS) is 11.8. The highest BCUT2D eigenvalue weighted by Gasteiger charge is 2.19. The molecule has 1 N–H and O–H groups in total. The fraction of sp³-hybridized carbons (Fsp3) is 0.556. The molecule has 0 radical (unpaired) electrons. The first-order valence-corrected chi connectivity index (χ1v) is 7.78. The van der Waals surface area contributed by atoms with Gasteiger partial charge < -0.3 is 15.0 Å². The zero-order valence-corrected chi connectivity index (χ0v) is 13.8. The van der Waals surface area contributed by atoms with Crippen molar-refractivity contribution in [2.75, 3.05) is 31.6 Å². The second kappa shape index (κ2) is 9.31. The number of hydrogen-bond donors (Lipinski definition) is 1. The van der Waals surface area contributed by atoms with E-state index in [-0.39, 0.29) is 6.04 Å². The number of anilines is 1. The lowest BCUT2D eigenvalue weighted by molar-refractivity contribution is 0.401. The highest BCUT2D eigenvalue weighted by atomic mass is 16.5. The van der Waals surface area contributed by atoms with Crippen molar-refractivity contribution in [3.8, 4) is 18.1 Å². The smallest absolute Gasteiger partial charge is 0.125 e. The van der Waals surface area contributed by atoms with E-state index in [1.54, 1.807) is 7.11 Å². The summed E-state index contributed by atoms with van der Waals surface area (Å²) in [5.74, 6) is 3.68. The van der Waals surface area contributed by atoms with E-state index in [4.69, 9.17) is 11.2 Å². The van der Waals surface area contributed by atoms with E-state index in [0.29, 0.717) is 6.54 Å². The average Bonchev–Trinajstić information content (AvgIpc) is 2.51. The molecule has 0 aliphatic rings. The predicted molar refractivity (Wildman–Crippen MR) is 91.0 cm³/mol. The zero-order valence-electron chi connectivity index (χ0n) is 13.8. The summed E-state index contributed by atoms with van der Waals surface area (Å²) in [5.41, 5.74) is 2.36. The molecule has 1 aromatic carbocycles. The van der Waals surface area contributed by atoms with Crippen LogP contribution < -0.4 is 15.0 Å². The summed E-state index contributed by atoms with van der Waals surface area (Å²) in [6.07, 6.45) is 7.71. The van der Waals surface area contributed by atoms with Crippen molar-refractivity contribution in [1.82, 2.24) is 5.32 Å². The molecule has 0 aromatic heterocycles. The van der Waals surface area contributed by atoms with E-state index in [0.717, 1.165) is 31.7 Å². The van der Waals surface area contributed by atoms with Gasteiger partial charge in [-0.2, -0.15) is 0 Å². The number of nitrogens with zero attached hydrogens (tertiary/aromatic N) is 1. The minimum absolute atomic E-state index is 0.230. The molecule has 1 aromatic rings. The fourth-order valence-corrected chi connectivity index (χ4v) is 2.55. The molecule has 0 aliphatic heterocycles. The monoisotopic (exact) mass is 288 g/mol. The molecule has 1 unspecified atom stereocenters. The Labute approximate surface area is 129 Å². The highest BCUT2D eigenvalue weighted by molar-refractivity contribution is 5.61. The molecule has 0 saturated carbocycles. The lowest BCUT2D eigenvalue weighted by Crippen LogP contribution is -2.28. The molecule has 0 spiro atoms. The van der Waals surface area contributed by atoms with Crippen molar-refractivity contribution in [2.45, 2.75) is 39.7 Å². The molecule has 3 heteroatoms. The molecular weight excluding hydrogens is 260 g/mol. The van der Waals surface area contributed by atoms with Crippen molar-refractivity contribution < 1.29 is 4.74 Å². The third kappa shape index (κ3) is 4.68. The second-order valence-electron chi connectivity index (χ2n) is 5.19. The van der Waals surface area contributed by atoms with Gasteiger partial charge >= 0.3 is 0 Å². The largest absolute Gasteiger partial charge is 0.496 e. The number of hydrogen-bond acceptors (Lipinski definition) is 3. The molecule has 116 valence electrons. The number of benzene rings is 1. The van der Waals surface area contributed by atoms with Crippen LogP contribution >= 0.6 is 0 Å². The quantitative estimate of drug-likeness (QED) is 0.703. The van der Waals surface area contributed by atoms with Crippen molar-refractivity contribution in [1.29, 1.82) is 0 Å². The van der Waals surface area contributed by atoms with Crippen LogP contribution in [0.1, 0.15) is 45.2 Å². The Balaban J connectivity index is 3.20. The van der Waals surface area contributed by atoms with Gasteiger partial charge in [0.2, 0.25) is 0 Å². The molecule has 0 heterocycles. The molecule has 0 amide bonds. The molecule has 0 bridgehead atoms. The molecule has 0 fully saturated rings. The van der Waals surface area contributed by atoms with Crippen molar-refractivity contribution in [3.63, 3.8) is 0 Å². The Kier molecular flexibility index (Phi) is 7.71. The van der Waals surface area contributed by atoms with Crippen LogP contribution in [0.4, 0.5) is 5.69 Å². The third-order valence-electron chi connectivity index (χ3n) is 3.51. The molecule has 3 nitrogen and oxygen atoms in total. The van der Waals surface area contributed by atoms with Crippen molar-refractivity contribution >= 4 is 5.69 Å². The molecule has 0 saturated heterocycles. The topological polar surface area (TPSA) is 24.5 Å². The van der Waals surface area contributed by atoms with Crippen LogP contribution in [0.15, 0.2) is 18.2 Å². The summed E-state index contributed by atoms with van der Waals surface area (Å²) in [6, 6.07) is 6.41. The number of terminal acetylenes is 1. The van der Waals surface area contributed by atoms with Gasteiger partial charge in [-0.1, -0.05) is 25.8 Å². The van der Waals surface area contributed by atoms with Crippen molar-refractivity contribution in [3.05, 3.63) is 23.8 Å². The lowest BCUT2D eigenvalue weighted by atomic mass is 10.0. The summed E-state index contributed by atoms with van der Waals surface area (Å²) in [4.78, 5) is 2.25. The van der Waals surface area contributed by atoms with Gasteiger partial charge in [-0.05, 0) is 38.4 Å². The fourth-order valence-electron chi connectivity index (χ4n) is 2.55. The van der Waals surface area contributed by atoms with Gasteiger partial charge in [-0.15, -0.1) is 6.42 Å². The molecule has 21 heavy (non-hydrogen) atoms. The minimum atomic E-state index is 0.230. The molecule has 1 rings (SSSR count). The first kappa shape index (κ1) is 17.4. The Morgan fingerprint density at radius 1 is 1.33 bits per heavy atom. The zero-order chi connectivity index (χ0) is 15.7. The average molecular weight is 288 g/mol. The molecule has 0 aliphatic carbocycles. The Morgan fingerprint density at radius 2 is 2.10 bits per heavy atom. The Morgan fingerprint density at radius 3 is 2.67 bits per heavy atom. The summed E-state index contributed by atoms with van der Waals surface area (Å²) in [5, 5.41) is 3.54. The summed E-state index contributed by atoms with van der Waals surface area (Å²) < 4.78 is 5.58. The predicted octanol–water partition coefficient (Wildman–Crippen LogP) is 3.61. The van der Waals surface area contributed by atoms with E-state index in [9.17, 15) is 0 Å². The first-order chi connectivity index (χ1) is 10.2. The number of rotatable bonds is 9. The maximum Gasteiger partial charge on any atom is 0.125 e. The maximum absolute atomic E-state index is 5.58. The summed E-state index contributed by atoms with van der Waals surface area (Å²) >= 11 is 0. The van der Waals surface area contributed by atoms with Gasteiger partial charge in [0, 0.05) is 23.8 Å². The standard InChI is InChI=1S/C18H28N2O/c1-6-12-19-15(4)18-16(10-9-11-17(18)21-5)20(13-7-2)14-8-3/h2,9-11,15,19H,6,8,12-14H2,1,3-5H3. The SMILES string of the molecule is C#CCN(CCC)c1cccc(OC)c1C(C)NCCC. The van der Waals surface area contributed by atoms with Gasteiger partial charge in [0.1, 0.15) is 5.75 Å². The van der Waals surface area contributed by atoms with Crippen LogP contribution in [-0.4, -0.2) is 26.7 Å². The van der Waals surface area contributed by atoms with Gasteiger partial charge in [0.15, 0.2) is 0 Å². The molecule has 1 atom stereocenters. The van der Waals surface area contributed by atoms with Crippen LogP contribution in [0.3, 0.4) is 0 Å². The van der Waals surface area contributed by atoms with Gasteiger partial charge in [-0.3, -0.25) is 0 Å². The first-order valence-electron chi connectivity index (χ1n) is 7.78. The lowest BCUT2D eigenvalue weighted by Gasteiger charge is -2.28. The van der Waals surface area contributed by atoms with Gasteiger partial charge in [0.05, 0.1) is 13.7 Å². The Hall–Kier alpha value is -1.66. The van der Waals surface area contributed by atoms with Crippen LogP contribution in [0.2, 0.25) is 0 Å². The number of methoxy groups -OCH3 is 1. The van der Waals surface area contributed by atoms with E-state index in [1.807, 2.05) is 12.1 Å². The van der Waals surface area contributed by atoms with Crippen LogP contribution in [0, 0.1) is 12.3 Å². The highest BCUT2D eigenvalue weighted by Crippen LogP contribution is 2.34. The van der Waals surface area contributed by atoms with Crippen LogP contribution in [0.5, 0.6) is 5.75 Å². The summed E-state index contributed by atoms with van der Waals surface area (Å²) in [7, 11) is 1.72. The third-order valence-corrected chi connectivity index (χ3v) is 3.51. The van der Waals surface area contributed by atoms with Gasteiger partial charge in [0.25, 0.3) is 0 Å². The minimum Gasteiger partial charge on any atom is -0.496 e. The summed E-state index contributed by atoms with van der Waals surface area (Å²) in [6.45, 7) is 9.07. The van der Waals surface area contributed by atoms with E-state index >= 15 is 0 Å². The Bertz CT molecular complexity index is 465. The second-order valence-corrected chi connectivity index (χ2v) is 5.19.